The second-order valence-corrected chi connectivity index (χ2v) is 7.12. The first-order valence-electron chi connectivity index (χ1n) is 6.86. The zero-order valence-electron chi connectivity index (χ0n) is 11.6. The lowest BCUT2D eigenvalue weighted by Gasteiger charge is -2.53. The Hall–Kier alpha value is -0.000000000000000111. The highest BCUT2D eigenvalue weighted by atomic mass is 35.5. The van der Waals surface area contributed by atoms with Crippen molar-refractivity contribution in [2.75, 3.05) is 20.3 Å². The standard InChI is InChI=1S/C15H12Cl4O3/c1-20-14-3-2-7(6-15(14)21-4-5-22-15)8-9(14)11(17)13(19)12(18)10(8)16/h2-3,7H,4-6H2,1H3. The molecule has 1 aromatic rings. The van der Waals surface area contributed by atoms with Crippen molar-refractivity contribution in [3.05, 3.63) is 43.4 Å². The largest absolute Gasteiger partial charge is 0.364 e. The molecule has 5 rings (SSSR count). The SMILES string of the molecule is COC12C=CC(CC13OCCO3)c1c(Cl)c(Cl)c(Cl)c(Cl)c12. The predicted molar refractivity (Wildman–Crippen MR) is 86.3 cm³/mol. The molecule has 0 radical (unpaired) electrons. The minimum atomic E-state index is -0.984. The maximum absolute atomic E-state index is 6.51. The molecule has 2 atom stereocenters. The number of hydrogen-bond donors (Lipinski definition) is 0. The zero-order chi connectivity index (χ0) is 15.7. The molecule has 0 aromatic heterocycles. The van der Waals surface area contributed by atoms with Gasteiger partial charge in [-0.3, -0.25) is 0 Å². The highest BCUT2D eigenvalue weighted by Gasteiger charge is 2.64. The fourth-order valence-corrected chi connectivity index (χ4v) is 4.98. The average molecular weight is 382 g/mol. The van der Waals surface area contributed by atoms with E-state index in [-0.39, 0.29) is 16.0 Å². The van der Waals surface area contributed by atoms with Gasteiger partial charge in [0.15, 0.2) is 5.60 Å². The molecule has 0 N–H and O–H groups in total. The summed E-state index contributed by atoms with van der Waals surface area (Å²) in [6.45, 7) is 1.02. The Labute approximate surface area is 148 Å². The summed E-state index contributed by atoms with van der Waals surface area (Å²) in [5.74, 6) is -0.914. The summed E-state index contributed by atoms with van der Waals surface area (Å²) in [6, 6.07) is 0. The number of halogens is 4. The molecule has 1 fully saturated rings. The number of ether oxygens (including phenoxy) is 3. The molecular weight excluding hydrogens is 370 g/mol. The van der Waals surface area contributed by atoms with Crippen LogP contribution in [0.25, 0.3) is 0 Å². The monoisotopic (exact) mass is 380 g/mol. The van der Waals surface area contributed by atoms with Crippen molar-refractivity contribution in [3.8, 4) is 0 Å². The molecule has 1 aromatic carbocycles. The summed E-state index contributed by atoms with van der Waals surface area (Å²) in [7, 11) is 1.60. The first kappa shape index (κ1) is 15.5. The van der Waals surface area contributed by atoms with Gasteiger partial charge < -0.3 is 14.2 Å². The lowest BCUT2D eigenvalue weighted by atomic mass is 9.64. The lowest BCUT2D eigenvalue weighted by Crippen LogP contribution is -2.58. The van der Waals surface area contributed by atoms with Crippen LogP contribution in [-0.2, 0) is 19.8 Å². The first-order valence-corrected chi connectivity index (χ1v) is 8.37. The van der Waals surface area contributed by atoms with Gasteiger partial charge in [-0.15, -0.1) is 0 Å². The molecule has 2 bridgehead atoms. The third kappa shape index (κ3) is 1.66. The Balaban J connectivity index is 2.08. The summed E-state index contributed by atoms with van der Waals surface area (Å²) in [5, 5.41) is 1.23. The number of benzene rings is 1. The number of rotatable bonds is 1. The molecule has 2 unspecified atom stereocenters. The first-order chi connectivity index (χ1) is 10.5. The molecule has 7 heteroatoms. The Morgan fingerprint density at radius 1 is 1.05 bits per heavy atom. The molecule has 1 spiro atoms. The molecule has 0 amide bonds. The van der Waals surface area contributed by atoms with E-state index in [1.165, 1.54) is 0 Å². The second-order valence-electron chi connectivity index (χ2n) is 5.60. The molecule has 118 valence electrons. The average Bonchev–Trinajstić information content (AvgIpc) is 2.99. The topological polar surface area (TPSA) is 27.7 Å². The zero-order valence-corrected chi connectivity index (χ0v) is 14.6. The van der Waals surface area contributed by atoms with Crippen LogP contribution in [0.3, 0.4) is 0 Å². The van der Waals surface area contributed by atoms with Crippen LogP contribution in [0.2, 0.25) is 20.1 Å². The van der Waals surface area contributed by atoms with Crippen molar-refractivity contribution in [3.63, 3.8) is 0 Å². The Bertz CT molecular complexity index is 697. The van der Waals surface area contributed by atoms with E-state index in [0.717, 1.165) is 5.56 Å². The van der Waals surface area contributed by atoms with E-state index in [9.17, 15) is 0 Å². The van der Waals surface area contributed by atoms with Gasteiger partial charge in [0, 0.05) is 25.0 Å². The molecular formula is C15H12Cl4O3. The van der Waals surface area contributed by atoms with Crippen molar-refractivity contribution < 1.29 is 14.2 Å². The molecule has 1 saturated heterocycles. The van der Waals surface area contributed by atoms with Gasteiger partial charge in [0.05, 0.1) is 33.3 Å². The summed E-state index contributed by atoms with van der Waals surface area (Å²) < 4.78 is 17.8. The fourth-order valence-electron chi connectivity index (χ4n) is 3.83. The molecule has 22 heavy (non-hydrogen) atoms. The van der Waals surface area contributed by atoms with Crippen LogP contribution in [0, 0.1) is 0 Å². The predicted octanol–water partition coefficient (Wildman–Crippen LogP) is 4.94. The van der Waals surface area contributed by atoms with E-state index in [1.807, 2.05) is 12.2 Å². The second kappa shape index (κ2) is 5.00. The summed E-state index contributed by atoms with van der Waals surface area (Å²) in [5.41, 5.74) is 0.551. The van der Waals surface area contributed by atoms with Gasteiger partial charge >= 0.3 is 0 Å². The summed E-state index contributed by atoms with van der Waals surface area (Å²) in [6.07, 6.45) is 4.56. The third-order valence-electron chi connectivity index (χ3n) is 4.74. The van der Waals surface area contributed by atoms with E-state index in [2.05, 4.69) is 0 Å². The third-order valence-corrected chi connectivity index (χ3v) is 6.56. The normalized spacial score (nSPS) is 31.0. The molecule has 0 saturated carbocycles. The Morgan fingerprint density at radius 3 is 2.32 bits per heavy atom. The number of allylic oxidation sites excluding steroid dienone is 1. The Kier molecular flexibility index (Phi) is 3.53. The molecule has 1 aliphatic heterocycles. The Morgan fingerprint density at radius 2 is 1.68 bits per heavy atom. The van der Waals surface area contributed by atoms with E-state index >= 15 is 0 Å². The van der Waals surface area contributed by atoms with Crippen LogP contribution in [-0.4, -0.2) is 26.1 Å². The van der Waals surface area contributed by atoms with Gasteiger partial charge in [-0.25, -0.2) is 0 Å². The van der Waals surface area contributed by atoms with E-state index in [4.69, 9.17) is 60.6 Å². The van der Waals surface area contributed by atoms with Crippen LogP contribution < -0.4 is 0 Å². The van der Waals surface area contributed by atoms with Crippen molar-refractivity contribution in [1.82, 2.24) is 0 Å². The molecule has 4 aliphatic rings. The maximum Gasteiger partial charge on any atom is 0.206 e. The van der Waals surface area contributed by atoms with Crippen molar-refractivity contribution in [2.45, 2.75) is 23.7 Å². The van der Waals surface area contributed by atoms with Crippen molar-refractivity contribution in [2.24, 2.45) is 0 Å². The lowest BCUT2D eigenvalue weighted by molar-refractivity contribution is -0.278. The number of methoxy groups -OCH3 is 1. The maximum atomic E-state index is 6.51. The summed E-state index contributed by atoms with van der Waals surface area (Å²) in [4.78, 5) is 0. The van der Waals surface area contributed by atoms with E-state index in [0.29, 0.717) is 35.2 Å². The van der Waals surface area contributed by atoms with Gasteiger partial charge in [-0.2, -0.15) is 0 Å². The van der Waals surface area contributed by atoms with Gasteiger partial charge in [-0.1, -0.05) is 52.5 Å². The van der Waals surface area contributed by atoms with E-state index < -0.39 is 11.4 Å². The fraction of sp³-hybridized carbons (Fsp3) is 0.467. The summed E-state index contributed by atoms with van der Waals surface area (Å²) >= 11 is 25.4. The highest BCUT2D eigenvalue weighted by molar-refractivity contribution is 6.52. The smallest absolute Gasteiger partial charge is 0.206 e. The van der Waals surface area contributed by atoms with Crippen LogP contribution in [0.1, 0.15) is 23.5 Å². The van der Waals surface area contributed by atoms with Crippen molar-refractivity contribution in [1.29, 1.82) is 0 Å². The molecule has 1 heterocycles. The van der Waals surface area contributed by atoms with Gasteiger partial charge in [0.2, 0.25) is 5.79 Å². The van der Waals surface area contributed by atoms with Crippen LogP contribution >= 0.6 is 46.4 Å². The van der Waals surface area contributed by atoms with Crippen LogP contribution in [0.5, 0.6) is 0 Å². The van der Waals surface area contributed by atoms with E-state index in [1.54, 1.807) is 7.11 Å². The van der Waals surface area contributed by atoms with Gasteiger partial charge in [0.1, 0.15) is 0 Å². The molecule has 3 nitrogen and oxygen atoms in total. The number of hydrogen-bond acceptors (Lipinski definition) is 3. The minimum Gasteiger partial charge on any atom is -0.364 e. The van der Waals surface area contributed by atoms with Gasteiger partial charge in [-0.05, 0) is 11.6 Å². The molecule has 3 aliphatic carbocycles. The van der Waals surface area contributed by atoms with Crippen molar-refractivity contribution >= 4 is 46.4 Å². The quantitative estimate of drug-likeness (QED) is 0.391. The van der Waals surface area contributed by atoms with Crippen LogP contribution in [0.15, 0.2) is 12.2 Å². The van der Waals surface area contributed by atoms with Gasteiger partial charge in [0.25, 0.3) is 0 Å². The van der Waals surface area contributed by atoms with Crippen LogP contribution in [0.4, 0.5) is 0 Å². The minimum absolute atomic E-state index is 0.00936. The highest BCUT2D eigenvalue weighted by Crippen LogP contribution is 2.62.